The zero-order valence-corrected chi connectivity index (χ0v) is 17.1. The summed E-state index contributed by atoms with van der Waals surface area (Å²) < 4.78 is 0. The molecule has 0 aliphatic rings. The van der Waals surface area contributed by atoms with Crippen LogP contribution < -0.4 is 5.32 Å². The molecule has 3 N–H and O–H groups in total. The van der Waals surface area contributed by atoms with Crippen LogP contribution in [0.3, 0.4) is 0 Å². The molecule has 1 amide bonds. The van der Waals surface area contributed by atoms with E-state index < -0.39 is 0 Å². The molecule has 0 spiro atoms. The Morgan fingerprint density at radius 2 is 1.26 bits per heavy atom. The predicted octanol–water partition coefficient (Wildman–Crippen LogP) is 6.31. The van der Waals surface area contributed by atoms with Crippen molar-refractivity contribution in [1.29, 1.82) is 0 Å². The number of amides is 1. The summed E-state index contributed by atoms with van der Waals surface area (Å²) in [5.74, 6) is -0.522. The van der Waals surface area contributed by atoms with Gasteiger partial charge in [0.1, 0.15) is 11.5 Å². The molecule has 0 saturated carbocycles. The van der Waals surface area contributed by atoms with Gasteiger partial charge in [-0.2, -0.15) is 0 Å². The van der Waals surface area contributed by atoms with Gasteiger partial charge in [-0.05, 0) is 18.6 Å². The number of carbonyl (C=O) groups is 1. The van der Waals surface area contributed by atoms with E-state index in [0.717, 1.165) is 12.8 Å². The van der Waals surface area contributed by atoms with Crippen molar-refractivity contribution in [2.75, 3.05) is 6.54 Å². The van der Waals surface area contributed by atoms with Gasteiger partial charge in [0.2, 0.25) is 0 Å². The Morgan fingerprint density at radius 3 is 1.74 bits per heavy atom. The number of unbranched alkanes of at least 4 members (excludes halogenated alkanes) is 13. The molecule has 0 aliphatic carbocycles. The summed E-state index contributed by atoms with van der Waals surface area (Å²) in [5.41, 5.74) is 0.207. The van der Waals surface area contributed by atoms with Gasteiger partial charge in [0.15, 0.2) is 0 Å². The number of hydrogen-bond acceptors (Lipinski definition) is 3. The number of aromatic hydroxyl groups is 2. The highest BCUT2D eigenvalue weighted by Gasteiger charge is 2.10. The molecule has 0 unspecified atom stereocenters. The zero-order valence-electron chi connectivity index (χ0n) is 17.1. The predicted molar refractivity (Wildman–Crippen MR) is 112 cm³/mol. The minimum atomic E-state index is -0.290. The molecule has 0 atom stereocenters. The van der Waals surface area contributed by atoms with Gasteiger partial charge < -0.3 is 15.5 Å². The number of carbonyl (C=O) groups excluding carboxylic acids is 1. The van der Waals surface area contributed by atoms with Crippen LogP contribution in [0.25, 0.3) is 0 Å². The fourth-order valence-electron chi connectivity index (χ4n) is 3.33. The largest absolute Gasteiger partial charge is 0.508 e. The van der Waals surface area contributed by atoms with Gasteiger partial charge in [-0.25, -0.2) is 0 Å². The lowest BCUT2D eigenvalue weighted by atomic mass is 10.0. The van der Waals surface area contributed by atoms with E-state index in [0.29, 0.717) is 6.54 Å². The lowest BCUT2D eigenvalue weighted by Crippen LogP contribution is -2.24. The Morgan fingerprint density at radius 1 is 0.778 bits per heavy atom. The van der Waals surface area contributed by atoms with Gasteiger partial charge in [0, 0.05) is 12.6 Å². The average Bonchev–Trinajstić information content (AvgIpc) is 2.64. The lowest BCUT2D eigenvalue weighted by Gasteiger charge is -2.07. The summed E-state index contributed by atoms with van der Waals surface area (Å²) in [6, 6.07) is 4.02. The van der Waals surface area contributed by atoms with Crippen LogP contribution in [0.2, 0.25) is 0 Å². The third-order valence-electron chi connectivity index (χ3n) is 5.04. The number of benzene rings is 1. The molecule has 0 bridgehead atoms. The van der Waals surface area contributed by atoms with Crippen molar-refractivity contribution in [2.24, 2.45) is 0 Å². The number of nitrogens with one attached hydrogen (secondary N) is 1. The summed E-state index contributed by atoms with van der Waals surface area (Å²) >= 11 is 0. The maximum Gasteiger partial charge on any atom is 0.255 e. The summed E-state index contributed by atoms with van der Waals surface area (Å²) in [4.78, 5) is 12.0. The summed E-state index contributed by atoms with van der Waals surface area (Å²) in [7, 11) is 0. The monoisotopic (exact) mass is 377 g/mol. The van der Waals surface area contributed by atoms with E-state index in [2.05, 4.69) is 12.2 Å². The quantitative estimate of drug-likeness (QED) is 0.296. The Bertz CT molecular complexity index is 516. The first-order chi connectivity index (χ1) is 13.1. The van der Waals surface area contributed by atoms with Gasteiger partial charge in [-0.1, -0.05) is 90.4 Å². The van der Waals surface area contributed by atoms with Gasteiger partial charge in [-0.15, -0.1) is 0 Å². The van der Waals surface area contributed by atoms with E-state index in [4.69, 9.17) is 0 Å². The van der Waals surface area contributed by atoms with E-state index in [1.165, 1.54) is 95.2 Å². The second kappa shape index (κ2) is 15.4. The summed E-state index contributed by atoms with van der Waals surface area (Å²) in [5, 5.41) is 21.7. The van der Waals surface area contributed by atoms with Crippen molar-refractivity contribution in [3.05, 3.63) is 23.8 Å². The third-order valence-corrected chi connectivity index (χ3v) is 5.04. The van der Waals surface area contributed by atoms with Crippen LogP contribution >= 0.6 is 0 Å². The molecule has 0 heterocycles. The van der Waals surface area contributed by atoms with Crippen LogP contribution in [0.1, 0.15) is 107 Å². The van der Waals surface area contributed by atoms with Crippen LogP contribution in [0, 0.1) is 0 Å². The van der Waals surface area contributed by atoms with Crippen molar-refractivity contribution in [3.8, 4) is 11.5 Å². The van der Waals surface area contributed by atoms with Gasteiger partial charge >= 0.3 is 0 Å². The fourth-order valence-corrected chi connectivity index (χ4v) is 3.33. The van der Waals surface area contributed by atoms with Gasteiger partial charge in [0.05, 0.1) is 5.56 Å². The molecule has 0 fully saturated rings. The molecular weight excluding hydrogens is 338 g/mol. The highest BCUT2D eigenvalue weighted by molar-refractivity contribution is 5.96. The Kier molecular flexibility index (Phi) is 13.3. The smallest absolute Gasteiger partial charge is 0.255 e. The molecular formula is C23H39NO3. The number of hydrogen-bond donors (Lipinski definition) is 3. The van der Waals surface area contributed by atoms with Crippen molar-refractivity contribution in [1.82, 2.24) is 5.32 Å². The topological polar surface area (TPSA) is 69.6 Å². The minimum absolute atomic E-state index is 0.0453. The standard InChI is InChI=1S/C23H39NO3/c1-2-3-4-5-6-7-8-9-10-11-12-13-14-15-18-24-23(27)21-17-16-20(25)19-22(21)26/h16-17,19,25-26H,2-15,18H2,1H3,(H,24,27). The van der Waals surface area contributed by atoms with Crippen molar-refractivity contribution < 1.29 is 15.0 Å². The first kappa shape index (κ1) is 23.3. The second-order valence-electron chi connectivity index (χ2n) is 7.55. The van der Waals surface area contributed by atoms with Crippen LogP contribution in [0.15, 0.2) is 18.2 Å². The van der Waals surface area contributed by atoms with E-state index in [9.17, 15) is 15.0 Å². The van der Waals surface area contributed by atoms with E-state index in [-0.39, 0.29) is 23.0 Å². The summed E-state index contributed by atoms with van der Waals surface area (Å²) in [6.45, 7) is 2.89. The average molecular weight is 378 g/mol. The maximum absolute atomic E-state index is 12.0. The van der Waals surface area contributed by atoms with Crippen LogP contribution in [0.4, 0.5) is 0 Å². The molecule has 0 aromatic heterocycles. The second-order valence-corrected chi connectivity index (χ2v) is 7.55. The SMILES string of the molecule is CCCCCCCCCCCCCCCCNC(=O)c1ccc(O)cc1O. The third kappa shape index (κ3) is 11.6. The van der Waals surface area contributed by atoms with E-state index in [1.54, 1.807) is 0 Å². The van der Waals surface area contributed by atoms with Crippen LogP contribution in [-0.4, -0.2) is 22.7 Å². The first-order valence-corrected chi connectivity index (χ1v) is 11.0. The van der Waals surface area contributed by atoms with Crippen LogP contribution in [-0.2, 0) is 0 Å². The van der Waals surface area contributed by atoms with Gasteiger partial charge in [0.25, 0.3) is 5.91 Å². The molecule has 27 heavy (non-hydrogen) atoms. The normalized spacial score (nSPS) is 10.9. The molecule has 0 aliphatic heterocycles. The van der Waals surface area contributed by atoms with Crippen molar-refractivity contribution >= 4 is 5.91 Å². The Balaban J connectivity index is 1.88. The highest BCUT2D eigenvalue weighted by atomic mass is 16.3. The minimum Gasteiger partial charge on any atom is -0.508 e. The first-order valence-electron chi connectivity index (χ1n) is 11.0. The fraction of sp³-hybridized carbons (Fsp3) is 0.696. The molecule has 4 nitrogen and oxygen atoms in total. The number of phenolic OH excluding ortho intramolecular Hbond substituents is 2. The van der Waals surface area contributed by atoms with Crippen molar-refractivity contribution in [2.45, 2.75) is 96.8 Å². The molecule has 154 valence electrons. The molecule has 0 radical (unpaired) electrons. The van der Waals surface area contributed by atoms with Crippen LogP contribution in [0.5, 0.6) is 11.5 Å². The molecule has 1 rings (SSSR count). The lowest BCUT2D eigenvalue weighted by molar-refractivity contribution is 0.0950. The van der Waals surface area contributed by atoms with E-state index >= 15 is 0 Å². The molecule has 0 saturated heterocycles. The molecule has 1 aromatic carbocycles. The number of phenols is 2. The summed E-state index contributed by atoms with van der Waals surface area (Å²) in [6.07, 6.45) is 18.4. The Hall–Kier alpha value is -1.71. The zero-order chi connectivity index (χ0) is 19.7. The highest BCUT2D eigenvalue weighted by Crippen LogP contribution is 2.22. The molecule has 1 aromatic rings. The van der Waals surface area contributed by atoms with Crippen molar-refractivity contribution in [3.63, 3.8) is 0 Å². The molecule has 4 heteroatoms. The van der Waals surface area contributed by atoms with Gasteiger partial charge in [-0.3, -0.25) is 4.79 Å². The Labute approximate surface area is 165 Å². The van der Waals surface area contributed by atoms with E-state index in [1.807, 2.05) is 0 Å². The maximum atomic E-state index is 12.0. The number of rotatable bonds is 16.